The van der Waals surface area contributed by atoms with E-state index in [2.05, 4.69) is 6.92 Å². The van der Waals surface area contributed by atoms with Crippen LogP contribution in [0.1, 0.15) is 47.2 Å². The third-order valence-electron chi connectivity index (χ3n) is 3.48. The van der Waals surface area contributed by atoms with Crippen LogP contribution >= 0.6 is 11.3 Å². The van der Waals surface area contributed by atoms with Gasteiger partial charge in [0.05, 0.1) is 4.88 Å². The molecule has 1 aromatic heterocycles. The number of nitrogen functional groups attached to an aromatic ring is 1. The second-order valence-electron chi connectivity index (χ2n) is 4.82. The van der Waals surface area contributed by atoms with E-state index in [1.54, 1.807) is 0 Å². The quantitative estimate of drug-likeness (QED) is 0.835. The Labute approximate surface area is 107 Å². The molecule has 3 nitrogen and oxygen atoms in total. The van der Waals surface area contributed by atoms with Gasteiger partial charge in [0.2, 0.25) is 0 Å². The number of hydrogen-bond donors (Lipinski definition) is 1. The van der Waals surface area contributed by atoms with Crippen LogP contribution < -0.4 is 5.73 Å². The maximum absolute atomic E-state index is 12.4. The maximum atomic E-state index is 12.4. The standard InChI is InChI=1S/C13H20N2OS/c1-9-6-4-3-5-7-15(9)13(16)12-8-11(14)10(2)17-12/h8-9H,3-7,14H2,1-2H3. The lowest BCUT2D eigenvalue weighted by Gasteiger charge is -2.26. The first-order chi connectivity index (χ1) is 8.09. The van der Waals surface area contributed by atoms with Crippen LogP contribution in [0.5, 0.6) is 0 Å². The first kappa shape index (κ1) is 12.4. The lowest BCUT2D eigenvalue weighted by atomic mass is 10.1. The number of aryl methyl sites for hydroxylation is 1. The van der Waals surface area contributed by atoms with Crippen molar-refractivity contribution in [1.82, 2.24) is 4.90 Å². The molecule has 0 spiro atoms. The summed E-state index contributed by atoms with van der Waals surface area (Å²) in [5, 5.41) is 0. The van der Waals surface area contributed by atoms with Crippen molar-refractivity contribution in [2.75, 3.05) is 12.3 Å². The minimum absolute atomic E-state index is 0.157. The van der Waals surface area contributed by atoms with Crippen molar-refractivity contribution in [3.05, 3.63) is 15.8 Å². The van der Waals surface area contributed by atoms with E-state index in [0.29, 0.717) is 6.04 Å². The summed E-state index contributed by atoms with van der Waals surface area (Å²) in [5.41, 5.74) is 6.55. The van der Waals surface area contributed by atoms with Gasteiger partial charge in [-0.05, 0) is 32.8 Å². The number of anilines is 1. The highest BCUT2D eigenvalue weighted by Gasteiger charge is 2.24. The number of carbonyl (C=O) groups excluding carboxylic acids is 1. The highest BCUT2D eigenvalue weighted by atomic mass is 32.1. The molecule has 2 N–H and O–H groups in total. The Morgan fingerprint density at radius 3 is 2.88 bits per heavy atom. The Kier molecular flexibility index (Phi) is 3.72. The Hall–Kier alpha value is -1.03. The van der Waals surface area contributed by atoms with Gasteiger partial charge >= 0.3 is 0 Å². The Bertz CT molecular complexity index is 394. The molecule has 1 aromatic rings. The van der Waals surface area contributed by atoms with E-state index in [-0.39, 0.29) is 5.91 Å². The molecule has 1 fully saturated rings. The second-order valence-corrected chi connectivity index (χ2v) is 6.08. The predicted octanol–water partition coefficient (Wildman–Crippen LogP) is 3.04. The molecule has 1 saturated heterocycles. The van der Waals surface area contributed by atoms with E-state index in [1.165, 1.54) is 24.2 Å². The number of thiophene rings is 1. The summed E-state index contributed by atoms with van der Waals surface area (Å²) < 4.78 is 0. The molecule has 0 radical (unpaired) electrons. The predicted molar refractivity (Wildman–Crippen MR) is 72.4 cm³/mol. The minimum atomic E-state index is 0.157. The maximum Gasteiger partial charge on any atom is 0.264 e. The fourth-order valence-electron chi connectivity index (χ4n) is 2.32. The van der Waals surface area contributed by atoms with Crippen LogP contribution in [-0.2, 0) is 0 Å². The van der Waals surface area contributed by atoms with Gasteiger partial charge < -0.3 is 10.6 Å². The van der Waals surface area contributed by atoms with Gasteiger partial charge in [-0.3, -0.25) is 4.79 Å². The van der Waals surface area contributed by atoms with E-state index in [1.807, 2.05) is 17.9 Å². The molecule has 94 valence electrons. The molecule has 1 atom stereocenters. The van der Waals surface area contributed by atoms with Crippen molar-refractivity contribution in [3.63, 3.8) is 0 Å². The number of likely N-dealkylation sites (tertiary alicyclic amines) is 1. The van der Waals surface area contributed by atoms with Crippen LogP contribution in [0.2, 0.25) is 0 Å². The number of nitrogens with zero attached hydrogens (tertiary/aromatic N) is 1. The molecule has 1 aliphatic heterocycles. The minimum Gasteiger partial charge on any atom is -0.398 e. The lowest BCUT2D eigenvalue weighted by molar-refractivity contribution is 0.0703. The molecule has 2 rings (SSSR count). The number of hydrogen-bond acceptors (Lipinski definition) is 3. The van der Waals surface area contributed by atoms with Crippen molar-refractivity contribution in [2.24, 2.45) is 0 Å². The summed E-state index contributed by atoms with van der Waals surface area (Å²) in [6, 6.07) is 2.17. The summed E-state index contributed by atoms with van der Waals surface area (Å²) >= 11 is 1.51. The van der Waals surface area contributed by atoms with Crippen LogP contribution in [0.3, 0.4) is 0 Å². The number of rotatable bonds is 1. The average Bonchev–Trinajstić information content (AvgIpc) is 2.51. The van der Waals surface area contributed by atoms with Crippen molar-refractivity contribution < 1.29 is 4.79 Å². The molecule has 0 saturated carbocycles. The highest BCUT2D eigenvalue weighted by molar-refractivity contribution is 7.14. The van der Waals surface area contributed by atoms with Crippen molar-refractivity contribution >= 4 is 22.9 Å². The van der Waals surface area contributed by atoms with E-state index < -0.39 is 0 Å². The molecular formula is C13H20N2OS. The fraction of sp³-hybridized carbons (Fsp3) is 0.615. The molecule has 2 heterocycles. The first-order valence-corrected chi connectivity index (χ1v) is 7.08. The summed E-state index contributed by atoms with van der Waals surface area (Å²) in [4.78, 5) is 16.2. The Morgan fingerprint density at radius 1 is 1.47 bits per heavy atom. The molecule has 1 unspecified atom stereocenters. The van der Waals surface area contributed by atoms with Crippen LogP contribution in [0.25, 0.3) is 0 Å². The molecule has 0 aliphatic carbocycles. The van der Waals surface area contributed by atoms with Crippen molar-refractivity contribution in [1.29, 1.82) is 0 Å². The largest absolute Gasteiger partial charge is 0.398 e. The van der Waals surface area contributed by atoms with Gasteiger partial charge in [-0.1, -0.05) is 12.8 Å². The molecule has 4 heteroatoms. The third-order valence-corrected chi connectivity index (χ3v) is 4.54. The van der Waals surface area contributed by atoms with E-state index in [4.69, 9.17) is 5.73 Å². The van der Waals surface area contributed by atoms with Gasteiger partial charge in [-0.15, -0.1) is 11.3 Å². The smallest absolute Gasteiger partial charge is 0.264 e. The van der Waals surface area contributed by atoms with Gasteiger partial charge in [-0.2, -0.15) is 0 Å². The fourth-order valence-corrected chi connectivity index (χ4v) is 3.22. The SMILES string of the molecule is Cc1sc(C(=O)N2CCCCCC2C)cc1N. The average molecular weight is 252 g/mol. The van der Waals surface area contributed by atoms with Gasteiger partial charge in [0.15, 0.2) is 0 Å². The normalized spacial score (nSPS) is 21.3. The van der Waals surface area contributed by atoms with Crippen LogP contribution in [0, 0.1) is 6.92 Å². The third kappa shape index (κ3) is 2.63. The lowest BCUT2D eigenvalue weighted by Crippen LogP contribution is -2.37. The molecular weight excluding hydrogens is 232 g/mol. The van der Waals surface area contributed by atoms with Crippen LogP contribution in [0.15, 0.2) is 6.07 Å². The number of amides is 1. The first-order valence-electron chi connectivity index (χ1n) is 6.26. The van der Waals surface area contributed by atoms with Gasteiger partial charge in [0.1, 0.15) is 0 Å². The van der Waals surface area contributed by atoms with E-state index >= 15 is 0 Å². The van der Waals surface area contributed by atoms with Crippen molar-refractivity contribution in [3.8, 4) is 0 Å². The zero-order valence-electron chi connectivity index (χ0n) is 10.5. The van der Waals surface area contributed by atoms with Crippen molar-refractivity contribution in [2.45, 2.75) is 45.6 Å². The van der Waals surface area contributed by atoms with Crippen LogP contribution in [0.4, 0.5) is 5.69 Å². The Morgan fingerprint density at radius 2 is 2.24 bits per heavy atom. The topological polar surface area (TPSA) is 46.3 Å². The van der Waals surface area contributed by atoms with Crippen LogP contribution in [-0.4, -0.2) is 23.4 Å². The summed E-state index contributed by atoms with van der Waals surface area (Å²) in [7, 11) is 0. The monoisotopic (exact) mass is 252 g/mol. The van der Waals surface area contributed by atoms with E-state index in [0.717, 1.165) is 34.8 Å². The number of carbonyl (C=O) groups is 1. The van der Waals surface area contributed by atoms with E-state index in [9.17, 15) is 4.79 Å². The Balaban J connectivity index is 2.17. The highest BCUT2D eigenvalue weighted by Crippen LogP contribution is 2.27. The zero-order chi connectivity index (χ0) is 12.4. The molecule has 17 heavy (non-hydrogen) atoms. The molecule has 0 aromatic carbocycles. The van der Waals surface area contributed by atoms with Gasteiger partial charge in [0.25, 0.3) is 5.91 Å². The molecule has 1 aliphatic rings. The summed E-state index contributed by atoms with van der Waals surface area (Å²) in [6.45, 7) is 4.99. The molecule has 1 amide bonds. The van der Waals surface area contributed by atoms with Gasteiger partial charge in [0, 0.05) is 23.2 Å². The molecule has 0 bridgehead atoms. The summed E-state index contributed by atoms with van der Waals surface area (Å²) in [5.74, 6) is 0.157. The zero-order valence-corrected chi connectivity index (χ0v) is 11.3. The summed E-state index contributed by atoms with van der Waals surface area (Å²) in [6.07, 6.45) is 4.71. The van der Waals surface area contributed by atoms with Gasteiger partial charge in [-0.25, -0.2) is 0 Å². The second kappa shape index (κ2) is 5.08. The number of nitrogens with two attached hydrogens (primary N) is 1.